The summed E-state index contributed by atoms with van der Waals surface area (Å²) in [6.07, 6.45) is 2.38. The molecule has 3 rings (SSSR count). The van der Waals surface area contributed by atoms with Gasteiger partial charge in [-0.15, -0.1) is 11.8 Å². The monoisotopic (exact) mass is 440 g/mol. The minimum atomic E-state index is -0.280. The molecule has 0 saturated carbocycles. The molecule has 1 amide bonds. The molecule has 0 aliphatic heterocycles. The molecule has 0 aliphatic rings. The zero-order chi connectivity index (χ0) is 19.2. The smallest absolute Gasteiger partial charge is 0.249 e. The average molecular weight is 441 g/mol. The molecule has 0 radical (unpaired) electrons. The van der Waals surface area contributed by atoms with Gasteiger partial charge >= 0.3 is 0 Å². The topological polar surface area (TPSA) is 34.4 Å². The SMILES string of the molecule is CSCCn1c(=NC(=O)CCSc2ccc(Cl)cc2)sc2cc(F)ccc21. The van der Waals surface area contributed by atoms with E-state index in [4.69, 9.17) is 11.6 Å². The summed E-state index contributed by atoms with van der Waals surface area (Å²) in [6, 6.07) is 12.2. The van der Waals surface area contributed by atoms with Crippen molar-refractivity contribution in [1.29, 1.82) is 0 Å². The zero-order valence-corrected chi connectivity index (χ0v) is 17.9. The lowest BCUT2D eigenvalue weighted by molar-refractivity contribution is -0.117. The van der Waals surface area contributed by atoms with Crippen LogP contribution < -0.4 is 4.80 Å². The van der Waals surface area contributed by atoms with Crippen molar-refractivity contribution in [2.24, 2.45) is 4.99 Å². The fraction of sp³-hybridized carbons (Fsp3) is 0.263. The molecular formula is C19H18ClFN2OS3. The molecule has 0 spiro atoms. The summed E-state index contributed by atoms with van der Waals surface area (Å²) in [5.74, 6) is 1.10. The molecule has 1 aromatic heterocycles. The van der Waals surface area contributed by atoms with Crippen molar-refractivity contribution in [2.45, 2.75) is 17.9 Å². The van der Waals surface area contributed by atoms with E-state index in [1.165, 1.54) is 23.5 Å². The predicted molar refractivity (Wildman–Crippen MR) is 116 cm³/mol. The Morgan fingerprint density at radius 2 is 2.00 bits per heavy atom. The van der Waals surface area contributed by atoms with Crippen LogP contribution in [0, 0.1) is 5.82 Å². The lowest BCUT2D eigenvalue weighted by atomic mass is 10.3. The highest BCUT2D eigenvalue weighted by Gasteiger charge is 2.09. The van der Waals surface area contributed by atoms with Crippen LogP contribution in [0.5, 0.6) is 0 Å². The molecule has 0 fully saturated rings. The van der Waals surface area contributed by atoms with Crippen molar-refractivity contribution in [3.63, 3.8) is 0 Å². The summed E-state index contributed by atoms with van der Waals surface area (Å²) in [5.41, 5.74) is 0.914. The molecular weight excluding hydrogens is 423 g/mol. The molecule has 142 valence electrons. The quantitative estimate of drug-likeness (QED) is 0.457. The Bertz CT molecular complexity index is 998. The van der Waals surface area contributed by atoms with Crippen molar-refractivity contribution < 1.29 is 9.18 Å². The maximum absolute atomic E-state index is 13.5. The maximum atomic E-state index is 13.5. The molecule has 0 aliphatic carbocycles. The number of hydrogen-bond donors (Lipinski definition) is 0. The number of benzene rings is 2. The minimum absolute atomic E-state index is 0.165. The molecule has 8 heteroatoms. The van der Waals surface area contributed by atoms with Gasteiger partial charge in [0, 0.05) is 34.4 Å². The van der Waals surface area contributed by atoms with E-state index in [1.54, 1.807) is 29.6 Å². The Morgan fingerprint density at radius 3 is 2.74 bits per heavy atom. The van der Waals surface area contributed by atoms with Crippen LogP contribution in [0.15, 0.2) is 52.4 Å². The first-order valence-electron chi connectivity index (χ1n) is 8.30. The number of thioether (sulfide) groups is 2. The first kappa shape index (κ1) is 20.5. The molecule has 2 aromatic carbocycles. The summed E-state index contributed by atoms with van der Waals surface area (Å²) in [5, 5.41) is 0.696. The van der Waals surface area contributed by atoms with Gasteiger partial charge in [0.25, 0.3) is 0 Å². The van der Waals surface area contributed by atoms with Crippen LogP contribution in [-0.2, 0) is 11.3 Å². The molecule has 0 bridgehead atoms. The van der Waals surface area contributed by atoms with Gasteiger partial charge in [-0.05, 0) is 48.7 Å². The number of nitrogens with zero attached hydrogens (tertiary/aromatic N) is 2. The first-order valence-corrected chi connectivity index (χ1v) is 11.9. The van der Waals surface area contributed by atoms with Crippen molar-refractivity contribution >= 4 is 62.6 Å². The van der Waals surface area contributed by atoms with Crippen LogP contribution in [-0.4, -0.2) is 28.2 Å². The lowest BCUT2D eigenvalue weighted by Crippen LogP contribution is -2.18. The average Bonchev–Trinajstić information content (AvgIpc) is 2.97. The largest absolute Gasteiger partial charge is 0.316 e. The van der Waals surface area contributed by atoms with Gasteiger partial charge in [-0.25, -0.2) is 4.39 Å². The van der Waals surface area contributed by atoms with E-state index in [0.717, 1.165) is 27.4 Å². The van der Waals surface area contributed by atoms with Crippen LogP contribution >= 0.6 is 46.5 Å². The van der Waals surface area contributed by atoms with Crippen LogP contribution in [0.3, 0.4) is 0 Å². The molecule has 0 N–H and O–H groups in total. The summed E-state index contributed by atoms with van der Waals surface area (Å²) in [4.78, 5) is 18.3. The Hall–Kier alpha value is -1.28. The summed E-state index contributed by atoms with van der Waals surface area (Å²) < 4.78 is 16.3. The standard InChI is InChI=1S/C19H18ClFN2OS3/c1-25-11-9-23-16-7-4-14(21)12-17(16)27-19(23)22-18(24)8-10-26-15-5-2-13(20)3-6-15/h2-7,12H,8-11H2,1H3. The van der Waals surface area contributed by atoms with Crippen LogP contribution in [0.25, 0.3) is 10.2 Å². The van der Waals surface area contributed by atoms with Crippen LogP contribution in [0.4, 0.5) is 4.39 Å². The van der Waals surface area contributed by atoms with Gasteiger partial charge in [-0.2, -0.15) is 16.8 Å². The van der Waals surface area contributed by atoms with Crippen molar-refractivity contribution in [2.75, 3.05) is 17.8 Å². The third-order valence-corrected chi connectivity index (χ3v) is 6.68. The fourth-order valence-corrected chi connectivity index (χ4v) is 4.91. The van der Waals surface area contributed by atoms with Gasteiger partial charge in [0.15, 0.2) is 4.80 Å². The number of rotatable bonds is 7. The van der Waals surface area contributed by atoms with Gasteiger partial charge < -0.3 is 4.57 Å². The maximum Gasteiger partial charge on any atom is 0.249 e. The van der Waals surface area contributed by atoms with Crippen molar-refractivity contribution in [1.82, 2.24) is 4.57 Å². The highest BCUT2D eigenvalue weighted by molar-refractivity contribution is 7.99. The lowest BCUT2D eigenvalue weighted by Gasteiger charge is -2.03. The highest BCUT2D eigenvalue weighted by atomic mass is 35.5. The third-order valence-electron chi connectivity index (χ3n) is 3.78. The van der Waals surface area contributed by atoms with Gasteiger partial charge in [0.2, 0.25) is 5.91 Å². The molecule has 0 atom stereocenters. The predicted octanol–water partition coefficient (Wildman–Crippen LogP) is 5.47. The van der Waals surface area contributed by atoms with E-state index in [0.29, 0.717) is 22.0 Å². The molecule has 27 heavy (non-hydrogen) atoms. The second-order valence-corrected chi connectivity index (χ2v) is 9.30. The zero-order valence-electron chi connectivity index (χ0n) is 14.7. The number of thiazole rings is 1. The number of halogens is 2. The van der Waals surface area contributed by atoms with Gasteiger partial charge in [0.1, 0.15) is 5.82 Å². The van der Waals surface area contributed by atoms with Gasteiger partial charge in [-0.1, -0.05) is 22.9 Å². The van der Waals surface area contributed by atoms with Crippen molar-refractivity contribution in [3.05, 3.63) is 58.1 Å². The Morgan fingerprint density at radius 1 is 1.22 bits per heavy atom. The normalized spacial score (nSPS) is 12.0. The molecule has 3 aromatic rings. The van der Waals surface area contributed by atoms with E-state index >= 15 is 0 Å². The first-order chi connectivity index (χ1) is 13.1. The Balaban J connectivity index is 1.75. The fourth-order valence-electron chi connectivity index (χ4n) is 2.48. The summed E-state index contributed by atoms with van der Waals surface area (Å²) in [6.45, 7) is 0.735. The van der Waals surface area contributed by atoms with Crippen LogP contribution in [0.2, 0.25) is 5.02 Å². The Kier molecular flexibility index (Phi) is 7.41. The molecule has 0 saturated heterocycles. The third kappa shape index (κ3) is 5.60. The summed E-state index contributed by atoms with van der Waals surface area (Å²) in [7, 11) is 0. The summed E-state index contributed by atoms with van der Waals surface area (Å²) >= 11 is 10.5. The van der Waals surface area contributed by atoms with E-state index in [1.807, 2.05) is 35.1 Å². The molecule has 1 heterocycles. The highest BCUT2D eigenvalue weighted by Crippen LogP contribution is 2.21. The van der Waals surface area contributed by atoms with Gasteiger partial charge in [0.05, 0.1) is 10.2 Å². The van der Waals surface area contributed by atoms with E-state index < -0.39 is 0 Å². The van der Waals surface area contributed by atoms with E-state index in [9.17, 15) is 9.18 Å². The van der Waals surface area contributed by atoms with Crippen molar-refractivity contribution in [3.8, 4) is 0 Å². The number of hydrogen-bond acceptors (Lipinski definition) is 4. The Labute approximate surface area is 174 Å². The number of aromatic nitrogens is 1. The van der Waals surface area contributed by atoms with E-state index in [-0.39, 0.29) is 11.7 Å². The number of amides is 1. The molecule has 0 unspecified atom stereocenters. The minimum Gasteiger partial charge on any atom is -0.316 e. The number of carbonyl (C=O) groups is 1. The van der Waals surface area contributed by atoms with Gasteiger partial charge in [-0.3, -0.25) is 4.79 Å². The number of fused-ring (bicyclic) bond motifs is 1. The number of aryl methyl sites for hydroxylation is 1. The van der Waals surface area contributed by atoms with Crippen LogP contribution in [0.1, 0.15) is 6.42 Å². The number of carbonyl (C=O) groups excluding carboxylic acids is 1. The second-order valence-electron chi connectivity index (χ2n) is 5.70. The second kappa shape index (κ2) is 9.78. The molecule has 3 nitrogen and oxygen atoms in total. The van der Waals surface area contributed by atoms with E-state index in [2.05, 4.69) is 4.99 Å².